The molecule has 2 aromatic heterocycles. The highest BCUT2D eigenvalue weighted by Crippen LogP contribution is 2.11. The molecule has 5 nitrogen and oxygen atoms in total. The third-order valence-corrected chi connectivity index (χ3v) is 2.28. The van der Waals surface area contributed by atoms with Gasteiger partial charge in [-0.15, -0.1) is 0 Å². The molecular weight excluding hydrogens is 220 g/mol. The van der Waals surface area contributed by atoms with Crippen molar-refractivity contribution >= 4 is 11.8 Å². The minimum atomic E-state index is -0.987. The molecular formula is C12H12N2O3. The van der Waals surface area contributed by atoms with Crippen LogP contribution >= 0.6 is 0 Å². The summed E-state index contributed by atoms with van der Waals surface area (Å²) in [7, 11) is 0. The van der Waals surface area contributed by atoms with Crippen LogP contribution in [0.25, 0.3) is 0 Å². The van der Waals surface area contributed by atoms with Crippen LogP contribution in [0.1, 0.15) is 16.1 Å². The lowest BCUT2D eigenvalue weighted by atomic mass is 10.2. The quantitative estimate of drug-likeness (QED) is 0.824. The monoisotopic (exact) mass is 232 g/mol. The predicted octanol–water partition coefficient (Wildman–Crippen LogP) is 2.03. The van der Waals surface area contributed by atoms with Crippen LogP contribution in [-0.4, -0.2) is 22.6 Å². The minimum absolute atomic E-state index is 0.173. The summed E-state index contributed by atoms with van der Waals surface area (Å²) in [6.07, 6.45) is 3.85. The number of carboxylic acids is 1. The number of hydrogen-bond acceptors (Lipinski definition) is 4. The Labute approximate surface area is 98.1 Å². The first-order chi connectivity index (χ1) is 8.27. The maximum atomic E-state index is 10.9. The lowest BCUT2D eigenvalue weighted by Crippen LogP contribution is -2.10. The summed E-state index contributed by atoms with van der Waals surface area (Å²) in [6.45, 7) is 0.574. The molecule has 0 amide bonds. The van der Waals surface area contributed by atoms with Crippen LogP contribution in [0.4, 0.5) is 5.82 Å². The lowest BCUT2D eigenvalue weighted by Gasteiger charge is -2.06. The van der Waals surface area contributed by atoms with Gasteiger partial charge in [0.15, 0.2) is 0 Å². The topological polar surface area (TPSA) is 75.4 Å². The summed E-state index contributed by atoms with van der Waals surface area (Å²) in [4.78, 5) is 14.9. The highest BCUT2D eigenvalue weighted by Gasteiger charge is 2.09. The van der Waals surface area contributed by atoms with Crippen LogP contribution in [0, 0.1) is 0 Å². The van der Waals surface area contributed by atoms with Gasteiger partial charge in [0.05, 0.1) is 6.26 Å². The third-order valence-electron chi connectivity index (χ3n) is 2.28. The smallest absolute Gasteiger partial charge is 0.339 e. The van der Waals surface area contributed by atoms with Crippen LogP contribution in [0.15, 0.2) is 41.1 Å². The van der Waals surface area contributed by atoms with Gasteiger partial charge in [-0.2, -0.15) is 0 Å². The average Bonchev–Trinajstić information content (AvgIpc) is 2.82. The number of carboxylic acid groups (broad SMARTS) is 1. The Kier molecular flexibility index (Phi) is 3.40. The second-order valence-electron chi connectivity index (χ2n) is 3.46. The number of aromatic nitrogens is 1. The number of rotatable bonds is 5. The van der Waals surface area contributed by atoms with Crippen molar-refractivity contribution in [3.8, 4) is 0 Å². The number of aromatic carboxylic acids is 1. The fraction of sp³-hybridized carbons (Fsp3) is 0.167. The SMILES string of the molecule is O=C(O)c1cccnc1NCCc1ccco1. The van der Waals surface area contributed by atoms with Crippen LogP contribution in [0.5, 0.6) is 0 Å². The van der Waals surface area contributed by atoms with Crippen molar-refractivity contribution in [2.24, 2.45) is 0 Å². The molecule has 0 radical (unpaired) electrons. The molecule has 0 atom stereocenters. The number of furan rings is 1. The maximum Gasteiger partial charge on any atom is 0.339 e. The zero-order valence-corrected chi connectivity index (χ0v) is 9.09. The van der Waals surface area contributed by atoms with Crippen LogP contribution in [-0.2, 0) is 6.42 Å². The number of carbonyl (C=O) groups is 1. The van der Waals surface area contributed by atoms with Gasteiger partial charge in [0, 0.05) is 19.2 Å². The molecule has 0 bridgehead atoms. The standard InChI is InChI=1S/C12H12N2O3/c15-12(16)10-4-1-6-13-11(10)14-7-5-9-3-2-8-17-9/h1-4,6,8H,5,7H2,(H,13,14)(H,15,16). The van der Waals surface area contributed by atoms with E-state index in [0.717, 1.165) is 5.76 Å². The number of pyridine rings is 1. The lowest BCUT2D eigenvalue weighted by molar-refractivity contribution is 0.0697. The Balaban J connectivity index is 1.97. The molecule has 2 aromatic rings. The Morgan fingerprint density at radius 3 is 3.00 bits per heavy atom. The van der Waals surface area contributed by atoms with Gasteiger partial charge in [0.2, 0.25) is 0 Å². The Morgan fingerprint density at radius 2 is 2.29 bits per heavy atom. The fourth-order valence-corrected chi connectivity index (χ4v) is 1.48. The molecule has 0 aliphatic heterocycles. The van der Waals surface area contributed by atoms with E-state index in [1.165, 1.54) is 6.07 Å². The number of nitrogens with zero attached hydrogens (tertiary/aromatic N) is 1. The molecule has 0 spiro atoms. The molecule has 0 fully saturated rings. The van der Waals surface area contributed by atoms with Crippen LogP contribution in [0.3, 0.4) is 0 Å². The Morgan fingerprint density at radius 1 is 1.41 bits per heavy atom. The first-order valence-corrected chi connectivity index (χ1v) is 5.22. The van der Waals surface area contributed by atoms with Gasteiger partial charge in [0.25, 0.3) is 0 Å². The van der Waals surface area contributed by atoms with Crippen molar-refractivity contribution < 1.29 is 14.3 Å². The van der Waals surface area contributed by atoms with Gasteiger partial charge in [0.1, 0.15) is 17.1 Å². The highest BCUT2D eigenvalue weighted by molar-refractivity contribution is 5.92. The summed E-state index contributed by atoms with van der Waals surface area (Å²) in [5, 5.41) is 11.9. The predicted molar refractivity (Wildman–Crippen MR) is 62.1 cm³/mol. The molecule has 0 unspecified atom stereocenters. The third kappa shape index (κ3) is 2.84. The molecule has 2 heterocycles. The first kappa shape index (κ1) is 11.2. The molecule has 0 aliphatic rings. The number of nitrogens with one attached hydrogen (secondary N) is 1. The van der Waals surface area contributed by atoms with E-state index in [2.05, 4.69) is 10.3 Å². The molecule has 0 aliphatic carbocycles. The van der Waals surface area contributed by atoms with Crippen molar-refractivity contribution in [1.82, 2.24) is 4.98 Å². The molecule has 0 aromatic carbocycles. The van der Waals surface area contributed by atoms with Crippen molar-refractivity contribution in [2.45, 2.75) is 6.42 Å². The van der Waals surface area contributed by atoms with E-state index in [1.807, 2.05) is 12.1 Å². The van der Waals surface area contributed by atoms with Crippen molar-refractivity contribution in [2.75, 3.05) is 11.9 Å². The molecule has 2 N–H and O–H groups in total. The zero-order valence-electron chi connectivity index (χ0n) is 9.09. The molecule has 0 saturated heterocycles. The molecule has 5 heteroatoms. The molecule has 88 valence electrons. The van der Waals surface area contributed by atoms with Crippen LogP contribution in [0.2, 0.25) is 0 Å². The summed E-state index contributed by atoms with van der Waals surface area (Å²) < 4.78 is 5.17. The second kappa shape index (κ2) is 5.16. The summed E-state index contributed by atoms with van der Waals surface area (Å²) in [5.41, 5.74) is 0.173. The molecule has 17 heavy (non-hydrogen) atoms. The summed E-state index contributed by atoms with van der Waals surface area (Å²) in [5.74, 6) is 0.246. The minimum Gasteiger partial charge on any atom is -0.478 e. The van der Waals surface area contributed by atoms with Gasteiger partial charge in [-0.3, -0.25) is 0 Å². The Bertz CT molecular complexity index is 494. The maximum absolute atomic E-state index is 10.9. The summed E-state index contributed by atoms with van der Waals surface area (Å²) >= 11 is 0. The Hall–Kier alpha value is -2.30. The van der Waals surface area contributed by atoms with E-state index in [4.69, 9.17) is 9.52 Å². The van der Waals surface area contributed by atoms with E-state index in [9.17, 15) is 4.79 Å². The van der Waals surface area contributed by atoms with Gasteiger partial charge in [-0.1, -0.05) is 0 Å². The van der Waals surface area contributed by atoms with E-state index in [-0.39, 0.29) is 5.56 Å². The van der Waals surface area contributed by atoms with Gasteiger partial charge in [-0.25, -0.2) is 9.78 Å². The van der Waals surface area contributed by atoms with E-state index < -0.39 is 5.97 Å². The molecule has 0 saturated carbocycles. The van der Waals surface area contributed by atoms with E-state index in [0.29, 0.717) is 18.8 Å². The second-order valence-corrected chi connectivity index (χ2v) is 3.46. The highest BCUT2D eigenvalue weighted by atomic mass is 16.4. The zero-order chi connectivity index (χ0) is 12.1. The van der Waals surface area contributed by atoms with Crippen molar-refractivity contribution in [3.05, 3.63) is 48.0 Å². The summed E-state index contributed by atoms with van der Waals surface area (Å²) in [6, 6.07) is 6.81. The number of hydrogen-bond donors (Lipinski definition) is 2. The van der Waals surface area contributed by atoms with Gasteiger partial charge in [-0.05, 0) is 24.3 Å². The van der Waals surface area contributed by atoms with Crippen molar-refractivity contribution in [3.63, 3.8) is 0 Å². The fourth-order valence-electron chi connectivity index (χ4n) is 1.48. The van der Waals surface area contributed by atoms with E-state index >= 15 is 0 Å². The average molecular weight is 232 g/mol. The van der Waals surface area contributed by atoms with Crippen LogP contribution < -0.4 is 5.32 Å². The van der Waals surface area contributed by atoms with Gasteiger partial charge < -0.3 is 14.8 Å². The first-order valence-electron chi connectivity index (χ1n) is 5.22. The largest absolute Gasteiger partial charge is 0.478 e. The normalized spacial score (nSPS) is 10.1. The molecule has 2 rings (SSSR count). The van der Waals surface area contributed by atoms with Gasteiger partial charge >= 0.3 is 5.97 Å². The van der Waals surface area contributed by atoms with Crippen molar-refractivity contribution in [1.29, 1.82) is 0 Å². The number of anilines is 1. The van der Waals surface area contributed by atoms with E-state index in [1.54, 1.807) is 18.5 Å².